The molecule has 29 heavy (non-hydrogen) atoms. The maximum Gasteiger partial charge on any atom is 0.231 e. The summed E-state index contributed by atoms with van der Waals surface area (Å²) in [5.41, 5.74) is 0.590. The lowest BCUT2D eigenvalue weighted by Crippen LogP contribution is -2.28. The van der Waals surface area contributed by atoms with Gasteiger partial charge < -0.3 is 24.4 Å². The van der Waals surface area contributed by atoms with Gasteiger partial charge >= 0.3 is 0 Å². The van der Waals surface area contributed by atoms with E-state index in [1.54, 1.807) is 17.0 Å². The van der Waals surface area contributed by atoms with Crippen LogP contribution in [-0.2, 0) is 9.59 Å². The lowest BCUT2D eigenvalue weighted by molar-refractivity contribution is -0.122. The first-order valence-corrected chi connectivity index (χ1v) is 10.1. The Morgan fingerprint density at radius 3 is 2.41 bits per heavy atom. The van der Waals surface area contributed by atoms with Crippen molar-refractivity contribution in [1.82, 2.24) is 10.2 Å². The molecule has 154 valence electrons. The second-order valence-corrected chi connectivity index (χ2v) is 8.01. The van der Waals surface area contributed by atoms with Crippen molar-refractivity contribution in [2.75, 3.05) is 38.1 Å². The number of hydrogen-bond donors (Lipinski definition) is 1. The SMILES string of the molecule is COc1cc(N2CC(C(=O)Nc3nnc(C4CC4)s3)CC2=O)cc(OC)c1OC. The first-order chi connectivity index (χ1) is 14.0. The van der Waals surface area contributed by atoms with Crippen molar-refractivity contribution < 1.29 is 23.8 Å². The molecule has 10 heteroatoms. The van der Waals surface area contributed by atoms with E-state index in [4.69, 9.17) is 14.2 Å². The standard InChI is InChI=1S/C19H22N4O5S/c1-26-13-7-12(8-14(27-2)16(13)28-3)23-9-11(6-15(23)24)17(25)20-19-22-21-18(29-19)10-4-5-10/h7-8,10-11H,4-6,9H2,1-3H3,(H,20,22,25). The van der Waals surface area contributed by atoms with Gasteiger partial charge in [0.25, 0.3) is 0 Å². The smallest absolute Gasteiger partial charge is 0.231 e. The summed E-state index contributed by atoms with van der Waals surface area (Å²) in [6, 6.07) is 3.40. The number of ether oxygens (including phenoxy) is 3. The maximum absolute atomic E-state index is 12.7. The third-order valence-corrected chi connectivity index (χ3v) is 6.06. The number of carbonyl (C=O) groups is 2. The summed E-state index contributed by atoms with van der Waals surface area (Å²) in [5.74, 6) is 0.981. The van der Waals surface area contributed by atoms with E-state index < -0.39 is 5.92 Å². The minimum atomic E-state index is -0.477. The molecule has 9 nitrogen and oxygen atoms in total. The van der Waals surface area contributed by atoms with Crippen LogP contribution in [0.5, 0.6) is 17.2 Å². The molecule has 2 amide bonds. The maximum atomic E-state index is 12.7. The molecule has 0 spiro atoms. The molecule has 2 aromatic rings. The van der Waals surface area contributed by atoms with Crippen LogP contribution < -0.4 is 24.4 Å². The summed E-state index contributed by atoms with van der Waals surface area (Å²) >= 11 is 1.40. The Bertz CT molecular complexity index is 917. The van der Waals surface area contributed by atoms with Gasteiger partial charge in [-0.05, 0) is 12.8 Å². The molecule has 1 aromatic carbocycles. The Kier molecular flexibility index (Phi) is 5.27. The molecular formula is C19H22N4O5S. The van der Waals surface area contributed by atoms with E-state index in [1.165, 1.54) is 32.7 Å². The second kappa shape index (κ2) is 7.86. The van der Waals surface area contributed by atoms with E-state index in [0.717, 1.165) is 17.8 Å². The third kappa shape index (κ3) is 3.84. The van der Waals surface area contributed by atoms with Gasteiger partial charge in [0.15, 0.2) is 11.5 Å². The van der Waals surface area contributed by atoms with Crippen molar-refractivity contribution in [2.24, 2.45) is 5.92 Å². The molecule has 2 aliphatic rings. The molecule has 1 aromatic heterocycles. The molecular weight excluding hydrogens is 396 g/mol. The van der Waals surface area contributed by atoms with Gasteiger partial charge in [0.1, 0.15) is 5.01 Å². The second-order valence-electron chi connectivity index (χ2n) is 7.00. The summed E-state index contributed by atoms with van der Waals surface area (Å²) in [7, 11) is 4.55. The highest BCUT2D eigenvalue weighted by Crippen LogP contribution is 2.43. The number of amides is 2. The van der Waals surface area contributed by atoms with Crippen molar-refractivity contribution in [3.05, 3.63) is 17.1 Å². The van der Waals surface area contributed by atoms with E-state index in [-0.39, 0.29) is 24.8 Å². The van der Waals surface area contributed by atoms with Gasteiger partial charge in [-0.3, -0.25) is 9.59 Å². The van der Waals surface area contributed by atoms with Crippen LogP contribution in [0.1, 0.15) is 30.2 Å². The molecule has 4 rings (SSSR count). The van der Waals surface area contributed by atoms with Crippen LogP contribution in [-0.4, -0.2) is 49.9 Å². The summed E-state index contributed by atoms with van der Waals surface area (Å²) in [4.78, 5) is 26.8. The third-order valence-electron chi connectivity index (χ3n) is 5.05. The molecule has 1 saturated heterocycles. The highest BCUT2D eigenvalue weighted by atomic mass is 32.1. The lowest BCUT2D eigenvalue weighted by atomic mass is 10.1. The molecule has 1 atom stereocenters. The Morgan fingerprint density at radius 1 is 1.14 bits per heavy atom. The van der Waals surface area contributed by atoms with E-state index in [0.29, 0.717) is 34.0 Å². The number of nitrogens with one attached hydrogen (secondary N) is 1. The van der Waals surface area contributed by atoms with Crippen LogP contribution in [0, 0.1) is 5.92 Å². The average Bonchev–Trinajstić information content (AvgIpc) is 3.35. The van der Waals surface area contributed by atoms with Gasteiger partial charge in [-0.2, -0.15) is 0 Å². The Labute approximate surface area is 172 Å². The summed E-state index contributed by atoms with van der Waals surface area (Å²) in [6.45, 7) is 0.261. The fourth-order valence-electron chi connectivity index (χ4n) is 3.34. The molecule has 1 N–H and O–H groups in total. The fourth-order valence-corrected chi connectivity index (χ4v) is 4.26. The highest BCUT2D eigenvalue weighted by molar-refractivity contribution is 7.15. The lowest BCUT2D eigenvalue weighted by Gasteiger charge is -2.20. The normalized spacial score (nSPS) is 18.7. The Balaban J connectivity index is 1.49. The largest absolute Gasteiger partial charge is 0.493 e. The zero-order valence-electron chi connectivity index (χ0n) is 16.4. The molecule has 1 unspecified atom stereocenters. The first-order valence-electron chi connectivity index (χ1n) is 9.28. The van der Waals surface area contributed by atoms with Crippen molar-refractivity contribution in [2.45, 2.75) is 25.2 Å². The quantitative estimate of drug-likeness (QED) is 0.737. The van der Waals surface area contributed by atoms with Gasteiger partial charge in [-0.25, -0.2) is 0 Å². The van der Waals surface area contributed by atoms with E-state index >= 15 is 0 Å². The zero-order valence-corrected chi connectivity index (χ0v) is 17.2. The fraction of sp³-hybridized carbons (Fsp3) is 0.474. The summed E-state index contributed by atoms with van der Waals surface area (Å²) in [5, 5.41) is 12.4. The zero-order chi connectivity index (χ0) is 20.5. The number of rotatable bonds is 7. The molecule has 0 radical (unpaired) electrons. The summed E-state index contributed by atoms with van der Waals surface area (Å²) in [6.07, 6.45) is 2.38. The summed E-state index contributed by atoms with van der Waals surface area (Å²) < 4.78 is 16.0. The van der Waals surface area contributed by atoms with Crippen molar-refractivity contribution in [1.29, 1.82) is 0 Å². The topological polar surface area (TPSA) is 103 Å². The minimum absolute atomic E-state index is 0.122. The minimum Gasteiger partial charge on any atom is -0.493 e. The van der Waals surface area contributed by atoms with Crippen molar-refractivity contribution in [3.8, 4) is 17.2 Å². The molecule has 1 saturated carbocycles. The van der Waals surface area contributed by atoms with Crippen molar-refractivity contribution >= 4 is 34.0 Å². The first kappa shape index (κ1) is 19.4. The van der Waals surface area contributed by atoms with Crippen LogP contribution in [0.15, 0.2) is 12.1 Å². The van der Waals surface area contributed by atoms with Crippen molar-refractivity contribution in [3.63, 3.8) is 0 Å². The molecule has 1 aliphatic heterocycles. The van der Waals surface area contributed by atoms with Crippen LogP contribution in [0.3, 0.4) is 0 Å². The number of methoxy groups -OCH3 is 3. The van der Waals surface area contributed by atoms with E-state index in [1.807, 2.05) is 0 Å². The number of nitrogens with zero attached hydrogens (tertiary/aromatic N) is 3. The number of carbonyl (C=O) groups excluding carboxylic acids is 2. The monoisotopic (exact) mass is 418 g/mol. The predicted molar refractivity (Wildman–Crippen MR) is 107 cm³/mol. The number of aromatic nitrogens is 2. The molecule has 2 fully saturated rings. The van der Waals surface area contributed by atoms with E-state index in [9.17, 15) is 9.59 Å². The number of hydrogen-bond acceptors (Lipinski definition) is 8. The van der Waals surface area contributed by atoms with E-state index in [2.05, 4.69) is 15.5 Å². The van der Waals surface area contributed by atoms with Crippen LogP contribution in [0.25, 0.3) is 0 Å². The van der Waals surface area contributed by atoms with Gasteiger partial charge in [-0.1, -0.05) is 11.3 Å². The van der Waals surface area contributed by atoms with Crippen LogP contribution in [0.2, 0.25) is 0 Å². The molecule has 0 bridgehead atoms. The Morgan fingerprint density at radius 2 is 1.83 bits per heavy atom. The average molecular weight is 418 g/mol. The van der Waals surface area contributed by atoms with Crippen LogP contribution >= 0.6 is 11.3 Å². The van der Waals surface area contributed by atoms with Crippen LogP contribution in [0.4, 0.5) is 10.8 Å². The number of anilines is 2. The van der Waals surface area contributed by atoms with Gasteiger partial charge in [0, 0.05) is 31.0 Å². The van der Waals surface area contributed by atoms with Gasteiger partial charge in [-0.15, -0.1) is 10.2 Å². The molecule has 1 aliphatic carbocycles. The van der Waals surface area contributed by atoms with Gasteiger partial charge in [0.05, 0.1) is 32.9 Å². The van der Waals surface area contributed by atoms with Gasteiger partial charge in [0.2, 0.25) is 22.7 Å². The highest BCUT2D eigenvalue weighted by Gasteiger charge is 2.36. The molecule has 2 heterocycles. The Hall–Kier alpha value is -2.88. The number of benzene rings is 1. The predicted octanol–water partition coefficient (Wildman–Crippen LogP) is 2.43.